The van der Waals surface area contributed by atoms with Crippen LogP contribution in [0, 0.1) is 12.9 Å². The number of halogens is 1. The van der Waals surface area contributed by atoms with E-state index in [1.165, 1.54) is 0 Å². The zero-order chi connectivity index (χ0) is 22.4. The van der Waals surface area contributed by atoms with E-state index in [1.54, 1.807) is 35.6 Å². The van der Waals surface area contributed by atoms with E-state index in [0.29, 0.717) is 30.8 Å². The summed E-state index contributed by atoms with van der Waals surface area (Å²) in [5.41, 5.74) is 2.37. The van der Waals surface area contributed by atoms with Crippen LogP contribution >= 0.6 is 0 Å². The molecule has 2 heterocycles. The number of aromatic nitrogens is 2. The highest BCUT2D eigenvalue weighted by atomic mass is 19.1. The lowest BCUT2D eigenvalue weighted by Crippen LogP contribution is -2.41. The number of rotatable bonds is 8. The number of hydrogen-bond donors (Lipinski definition) is 1. The third-order valence-electron chi connectivity index (χ3n) is 5.29. The SMILES string of the molecule is Cc1cc(C(=O)N(C)C(CCNC(=O)c2cccn2C)Cc2ccccc2)cc(F)n1. The van der Waals surface area contributed by atoms with Gasteiger partial charge in [0.05, 0.1) is 0 Å². The average Bonchev–Trinajstić information content (AvgIpc) is 3.18. The quantitative estimate of drug-likeness (QED) is 0.566. The number of aryl methyl sites for hydroxylation is 2. The van der Waals surface area contributed by atoms with E-state index >= 15 is 0 Å². The van der Waals surface area contributed by atoms with Crippen molar-refractivity contribution in [3.05, 3.63) is 89.3 Å². The fourth-order valence-corrected chi connectivity index (χ4v) is 3.58. The molecule has 0 saturated heterocycles. The summed E-state index contributed by atoms with van der Waals surface area (Å²) >= 11 is 0. The Morgan fingerprint density at radius 3 is 2.55 bits per heavy atom. The van der Waals surface area contributed by atoms with Gasteiger partial charge in [-0.3, -0.25) is 9.59 Å². The lowest BCUT2D eigenvalue weighted by molar-refractivity contribution is 0.0722. The predicted molar refractivity (Wildman–Crippen MR) is 117 cm³/mol. The van der Waals surface area contributed by atoms with Crippen LogP contribution in [0.4, 0.5) is 4.39 Å². The summed E-state index contributed by atoms with van der Waals surface area (Å²) in [6, 6.07) is 16.0. The zero-order valence-electron chi connectivity index (χ0n) is 18.0. The van der Waals surface area contributed by atoms with Gasteiger partial charge in [0.2, 0.25) is 5.95 Å². The second kappa shape index (κ2) is 10.0. The van der Waals surface area contributed by atoms with Gasteiger partial charge in [0.1, 0.15) is 5.69 Å². The van der Waals surface area contributed by atoms with Crippen LogP contribution in [0.25, 0.3) is 0 Å². The van der Waals surface area contributed by atoms with Crippen molar-refractivity contribution in [2.75, 3.05) is 13.6 Å². The number of nitrogens with zero attached hydrogens (tertiary/aromatic N) is 3. The van der Waals surface area contributed by atoms with Crippen molar-refractivity contribution in [2.24, 2.45) is 7.05 Å². The summed E-state index contributed by atoms with van der Waals surface area (Å²) < 4.78 is 15.5. The lowest BCUT2D eigenvalue weighted by atomic mass is 10.0. The van der Waals surface area contributed by atoms with Crippen LogP contribution in [0.5, 0.6) is 0 Å². The molecular weight excluding hydrogens is 395 g/mol. The molecule has 2 aromatic heterocycles. The molecule has 1 atom stereocenters. The van der Waals surface area contributed by atoms with Gasteiger partial charge < -0.3 is 14.8 Å². The molecule has 1 aromatic carbocycles. The first kappa shape index (κ1) is 22.2. The molecule has 6 nitrogen and oxygen atoms in total. The summed E-state index contributed by atoms with van der Waals surface area (Å²) in [5.74, 6) is -1.11. The highest BCUT2D eigenvalue weighted by molar-refractivity contribution is 5.94. The highest BCUT2D eigenvalue weighted by Crippen LogP contribution is 2.15. The summed E-state index contributed by atoms with van der Waals surface area (Å²) in [6.07, 6.45) is 2.99. The number of pyridine rings is 1. The number of hydrogen-bond acceptors (Lipinski definition) is 3. The van der Waals surface area contributed by atoms with Gasteiger partial charge in [-0.15, -0.1) is 0 Å². The van der Waals surface area contributed by atoms with Crippen LogP contribution in [0.1, 0.15) is 38.5 Å². The standard InChI is InChI=1S/C24H27FN4O2/c1-17-14-19(16-22(25)27-17)24(31)29(3)20(15-18-8-5-4-6-9-18)11-12-26-23(30)21-10-7-13-28(21)2/h4-10,13-14,16,20H,11-12,15H2,1-3H3,(H,26,30). The van der Waals surface area contributed by atoms with Crippen molar-refractivity contribution in [1.29, 1.82) is 0 Å². The number of amides is 2. The summed E-state index contributed by atoms with van der Waals surface area (Å²) in [4.78, 5) is 30.8. The number of nitrogens with one attached hydrogen (secondary N) is 1. The van der Waals surface area contributed by atoms with Gasteiger partial charge in [0.25, 0.3) is 11.8 Å². The molecule has 2 amide bonds. The normalized spacial score (nSPS) is 11.7. The second-order valence-electron chi connectivity index (χ2n) is 7.63. The first-order valence-corrected chi connectivity index (χ1v) is 10.2. The minimum atomic E-state index is -0.675. The van der Waals surface area contributed by atoms with Gasteiger partial charge >= 0.3 is 0 Å². The number of benzene rings is 1. The highest BCUT2D eigenvalue weighted by Gasteiger charge is 2.23. The molecule has 0 fully saturated rings. The zero-order valence-corrected chi connectivity index (χ0v) is 18.0. The topological polar surface area (TPSA) is 67.2 Å². The molecule has 0 spiro atoms. The molecule has 0 bridgehead atoms. The second-order valence-corrected chi connectivity index (χ2v) is 7.63. The van der Waals surface area contributed by atoms with Crippen LogP contribution in [0.3, 0.4) is 0 Å². The maximum atomic E-state index is 13.7. The van der Waals surface area contributed by atoms with Crippen molar-refractivity contribution in [1.82, 2.24) is 19.8 Å². The van der Waals surface area contributed by atoms with E-state index in [9.17, 15) is 14.0 Å². The molecule has 0 aliphatic rings. The van der Waals surface area contributed by atoms with Gasteiger partial charge in [-0.1, -0.05) is 30.3 Å². The predicted octanol–water partition coefficient (Wildman–Crippen LogP) is 3.37. The van der Waals surface area contributed by atoms with Crippen LogP contribution in [0.15, 0.2) is 60.8 Å². The average molecular weight is 423 g/mol. The van der Waals surface area contributed by atoms with Crippen molar-refractivity contribution in [2.45, 2.75) is 25.8 Å². The number of carbonyl (C=O) groups is 2. The minimum Gasteiger partial charge on any atom is -0.351 e. The third-order valence-corrected chi connectivity index (χ3v) is 5.29. The van der Waals surface area contributed by atoms with Gasteiger partial charge in [0.15, 0.2) is 0 Å². The molecule has 3 aromatic rings. The fraction of sp³-hybridized carbons (Fsp3) is 0.292. The maximum absolute atomic E-state index is 13.7. The number of likely N-dealkylation sites (N-methyl/N-ethyl adjacent to an activating group) is 1. The summed E-state index contributed by atoms with van der Waals surface area (Å²) in [7, 11) is 3.53. The summed E-state index contributed by atoms with van der Waals surface area (Å²) in [5, 5.41) is 2.93. The van der Waals surface area contributed by atoms with Crippen LogP contribution in [-0.2, 0) is 13.5 Å². The van der Waals surface area contributed by atoms with E-state index in [-0.39, 0.29) is 23.4 Å². The molecule has 0 aliphatic carbocycles. The molecule has 1 unspecified atom stereocenters. The van der Waals surface area contributed by atoms with Crippen molar-refractivity contribution in [3.63, 3.8) is 0 Å². The molecule has 0 saturated carbocycles. The molecule has 0 radical (unpaired) electrons. The van der Waals surface area contributed by atoms with Crippen LogP contribution < -0.4 is 5.32 Å². The van der Waals surface area contributed by atoms with Gasteiger partial charge in [-0.05, 0) is 43.5 Å². The van der Waals surface area contributed by atoms with Gasteiger partial charge in [-0.25, -0.2) is 4.98 Å². The summed E-state index contributed by atoms with van der Waals surface area (Å²) in [6.45, 7) is 2.06. The monoisotopic (exact) mass is 422 g/mol. The van der Waals surface area contributed by atoms with Gasteiger partial charge in [0, 0.05) is 50.2 Å². The van der Waals surface area contributed by atoms with Gasteiger partial charge in [-0.2, -0.15) is 4.39 Å². The lowest BCUT2D eigenvalue weighted by Gasteiger charge is -2.29. The molecule has 7 heteroatoms. The first-order chi connectivity index (χ1) is 14.8. The van der Waals surface area contributed by atoms with E-state index in [2.05, 4.69) is 10.3 Å². The van der Waals surface area contributed by atoms with Crippen LogP contribution in [0.2, 0.25) is 0 Å². The Morgan fingerprint density at radius 2 is 1.90 bits per heavy atom. The Bertz CT molecular complexity index is 1030. The molecule has 31 heavy (non-hydrogen) atoms. The Balaban J connectivity index is 1.73. The van der Waals surface area contributed by atoms with Crippen molar-refractivity contribution >= 4 is 11.8 Å². The van der Waals surface area contributed by atoms with E-state index < -0.39 is 5.95 Å². The molecule has 3 rings (SSSR count). The molecule has 0 aliphatic heterocycles. The van der Waals surface area contributed by atoms with E-state index in [4.69, 9.17) is 0 Å². The van der Waals surface area contributed by atoms with Crippen LogP contribution in [-0.4, -0.2) is 45.9 Å². The van der Waals surface area contributed by atoms with E-state index in [1.807, 2.05) is 49.6 Å². The fourth-order valence-electron chi connectivity index (χ4n) is 3.58. The Hall–Kier alpha value is -3.48. The molecule has 1 N–H and O–H groups in total. The largest absolute Gasteiger partial charge is 0.351 e. The third kappa shape index (κ3) is 5.78. The maximum Gasteiger partial charge on any atom is 0.267 e. The van der Waals surface area contributed by atoms with E-state index in [0.717, 1.165) is 11.6 Å². The molecular formula is C24H27FN4O2. The van der Waals surface area contributed by atoms with Crippen molar-refractivity contribution < 1.29 is 14.0 Å². The Kier molecular flexibility index (Phi) is 7.18. The first-order valence-electron chi connectivity index (χ1n) is 10.2. The smallest absolute Gasteiger partial charge is 0.267 e. The minimum absolute atomic E-state index is 0.160. The Labute approximate surface area is 181 Å². The molecule has 162 valence electrons. The number of carbonyl (C=O) groups excluding carboxylic acids is 2. The Morgan fingerprint density at radius 1 is 1.16 bits per heavy atom. The van der Waals surface area contributed by atoms with Crippen molar-refractivity contribution in [3.8, 4) is 0 Å².